The van der Waals surface area contributed by atoms with Crippen molar-refractivity contribution in [2.45, 2.75) is 25.7 Å². The number of rotatable bonds is 5. The van der Waals surface area contributed by atoms with E-state index in [1.54, 1.807) is 0 Å². The van der Waals surface area contributed by atoms with Crippen molar-refractivity contribution >= 4 is 11.9 Å². The number of nitrogens with zero attached hydrogens (tertiary/aromatic N) is 3. The summed E-state index contributed by atoms with van der Waals surface area (Å²) in [6, 6.07) is 3.82. The van der Waals surface area contributed by atoms with Gasteiger partial charge in [-0.25, -0.2) is 13.5 Å². The van der Waals surface area contributed by atoms with Crippen LogP contribution in [0, 0.1) is 11.6 Å². The van der Waals surface area contributed by atoms with Gasteiger partial charge in [-0.05, 0) is 31.4 Å². The second-order valence-electron chi connectivity index (χ2n) is 5.98. The molecule has 0 radical (unpaired) electrons. The van der Waals surface area contributed by atoms with Crippen molar-refractivity contribution in [2.24, 2.45) is 0 Å². The highest BCUT2D eigenvalue weighted by atomic mass is 19.2. The molecule has 2 aromatic rings. The predicted molar refractivity (Wildman–Crippen MR) is 84.7 cm³/mol. The summed E-state index contributed by atoms with van der Waals surface area (Å²) in [6.45, 7) is 0.0458. The molecule has 0 fully saturated rings. The maximum absolute atomic E-state index is 14.1. The average Bonchev–Trinajstić information content (AvgIpc) is 3.17. The van der Waals surface area contributed by atoms with Gasteiger partial charge < -0.3 is 10.0 Å². The van der Waals surface area contributed by atoms with Crippen molar-refractivity contribution in [1.82, 2.24) is 14.7 Å². The van der Waals surface area contributed by atoms with Crippen molar-refractivity contribution < 1.29 is 23.5 Å². The van der Waals surface area contributed by atoms with Crippen LogP contribution >= 0.6 is 0 Å². The van der Waals surface area contributed by atoms with Crippen LogP contribution in [0.15, 0.2) is 18.2 Å². The molecule has 0 aliphatic heterocycles. The number of fused-ring (bicyclic) bond motifs is 1. The minimum atomic E-state index is -1.02. The topological polar surface area (TPSA) is 75.4 Å². The lowest BCUT2D eigenvalue weighted by Crippen LogP contribution is -2.30. The van der Waals surface area contributed by atoms with Gasteiger partial charge in [0.15, 0.2) is 17.3 Å². The molecule has 1 aliphatic carbocycles. The van der Waals surface area contributed by atoms with E-state index in [0.29, 0.717) is 18.5 Å². The monoisotopic (exact) mass is 349 g/mol. The zero-order chi connectivity index (χ0) is 18.1. The Morgan fingerprint density at radius 1 is 1.32 bits per heavy atom. The van der Waals surface area contributed by atoms with E-state index < -0.39 is 23.5 Å². The van der Waals surface area contributed by atoms with Gasteiger partial charge in [0.2, 0.25) is 0 Å². The van der Waals surface area contributed by atoms with Crippen LogP contribution < -0.4 is 0 Å². The third-order valence-corrected chi connectivity index (χ3v) is 4.30. The molecular formula is C17H17F2N3O3. The maximum Gasteiger partial charge on any atom is 0.305 e. The number of hydrogen-bond acceptors (Lipinski definition) is 3. The number of aromatic nitrogens is 2. The van der Waals surface area contributed by atoms with Crippen molar-refractivity contribution in [3.63, 3.8) is 0 Å². The lowest BCUT2D eigenvalue weighted by Gasteiger charge is -2.15. The Labute approximate surface area is 142 Å². The fourth-order valence-electron chi connectivity index (χ4n) is 3.01. The molecule has 6 nitrogen and oxygen atoms in total. The quantitative estimate of drug-likeness (QED) is 0.898. The summed E-state index contributed by atoms with van der Waals surface area (Å²) in [5.41, 5.74) is 1.55. The van der Waals surface area contributed by atoms with Gasteiger partial charge in [0.05, 0.1) is 6.42 Å². The van der Waals surface area contributed by atoms with E-state index in [9.17, 15) is 18.4 Å². The zero-order valence-electron chi connectivity index (χ0n) is 13.6. The first-order valence-electron chi connectivity index (χ1n) is 7.92. The third kappa shape index (κ3) is 3.11. The van der Waals surface area contributed by atoms with Gasteiger partial charge in [-0.3, -0.25) is 9.59 Å². The Kier molecular flexibility index (Phi) is 4.52. The Morgan fingerprint density at radius 2 is 2.08 bits per heavy atom. The maximum atomic E-state index is 14.1. The van der Waals surface area contributed by atoms with Gasteiger partial charge in [0, 0.05) is 24.8 Å². The van der Waals surface area contributed by atoms with Crippen LogP contribution in [0.5, 0.6) is 0 Å². The van der Waals surface area contributed by atoms with Crippen LogP contribution in [0.25, 0.3) is 5.69 Å². The molecule has 1 amide bonds. The number of carboxylic acid groups (broad SMARTS) is 1. The summed E-state index contributed by atoms with van der Waals surface area (Å²) in [6.07, 6.45) is 1.86. The minimum absolute atomic E-state index is 0.0367. The Balaban J connectivity index is 1.99. The molecule has 132 valence electrons. The van der Waals surface area contributed by atoms with E-state index in [2.05, 4.69) is 5.10 Å². The van der Waals surface area contributed by atoms with E-state index in [4.69, 9.17) is 5.11 Å². The van der Waals surface area contributed by atoms with Gasteiger partial charge in [0.1, 0.15) is 5.69 Å². The highest BCUT2D eigenvalue weighted by Crippen LogP contribution is 2.29. The Hall–Kier alpha value is -2.77. The molecule has 1 aromatic heterocycles. The number of hydrogen-bond donors (Lipinski definition) is 1. The first-order chi connectivity index (χ1) is 11.9. The van der Waals surface area contributed by atoms with Crippen LogP contribution in [-0.2, 0) is 17.6 Å². The molecule has 1 aliphatic rings. The molecule has 25 heavy (non-hydrogen) atoms. The highest BCUT2D eigenvalue weighted by molar-refractivity contribution is 5.94. The van der Waals surface area contributed by atoms with Crippen molar-refractivity contribution in [2.75, 3.05) is 13.6 Å². The summed E-state index contributed by atoms with van der Waals surface area (Å²) in [4.78, 5) is 24.6. The molecule has 0 unspecified atom stereocenters. The summed E-state index contributed by atoms with van der Waals surface area (Å²) >= 11 is 0. The number of carbonyl (C=O) groups is 2. The van der Waals surface area contributed by atoms with Crippen LogP contribution in [0.2, 0.25) is 0 Å². The van der Waals surface area contributed by atoms with Crippen molar-refractivity contribution in [1.29, 1.82) is 0 Å². The first kappa shape index (κ1) is 17.1. The van der Waals surface area contributed by atoms with Crippen LogP contribution in [-0.4, -0.2) is 45.3 Å². The fraction of sp³-hybridized carbons (Fsp3) is 0.353. The smallest absolute Gasteiger partial charge is 0.305 e. The number of aliphatic carboxylic acids is 1. The minimum Gasteiger partial charge on any atom is -0.481 e. The Bertz CT molecular complexity index is 848. The van der Waals surface area contributed by atoms with Gasteiger partial charge in [0.25, 0.3) is 5.91 Å². The van der Waals surface area contributed by atoms with Gasteiger partial charge in [-0.2, -0.15) is 5.10 Å². The second-order valence-corrected chi connectivity index (χ2v) is 5.98. The van der Waals surface area contributed by atoms with E-state index in [1.165, 1.54) is 28.8 Å². The number of carbonyl (C=O) groups excluding carboxylic acids is 1. The summed E-state index contributed by atoms with van der Waals surface area (Å²) in [7, 11) is 1.49. The number of halogens is 2. The van der Waals surface area contributed by atoms with Crippen molar-refractivity contribution in [3.05, 3.63) is 46.8 Å². The standard InChI is InChI=1S/C17H17F2N3O3/c1-21(9-8-14(23)24)17(25)16-10-4-2-6-12(10)22(20-16)13-7-3-5-11(18)15(13)19/h3,5,7H,2,4,6,8-9H2,1H3,(H,23,24). The summed E-state index contributed by atoms with van der Waals surface area (Å²) in [5, 5.41) is 13.0. The zero-order valence-corrected chi connectivity index (χ0v) is 13.6. The fourth-order valence-corrected chi connectivity index (χ4v) is 3.01. The number of amides is 1. The molecule has 1 aromatic carbocycles. The molecular weight excluding hydrogens is 332 g/mol. The molecule has 0 saturated carbocycles. The number of benzene rings is 1. The van der Waals surface area contributed by atoms with Crippen LogP contribution in [0.3, 0.4) is 0 Å². The molecule has 3 rings (SSSR count). The van der Waals surface area contributed by atoms with Crippen LogP contribution in [0.1, 0.15) is 34.6 Å². The average molecular weight is 349 g/mol. The van der Waals surface area contributed by atoms with Gasteiger partial charge in [-0.1, -0.05) is 6.07 Å². The first-order valence-corrected chi connectivity index (χ1v) is 7.92. The van der Waals surface area contributed by atoms with E-state index >= 15 is 0 Å². The SMILES string of the molecule is CN(CCC(=O)O)C(=O)c1nn(-c2cccc(F)c2F)c2c1CCC2. The normalized spacial score (nSPS) is 12.9. The van der Waals surface area contributed by atoms with E-state index in [0.717, 1.165) is 18.1 Å². The number of carboxylic acids is 1. The molecule has 0 bridgehead atoms. The second kappa shape index (κ2) is 6.62. The molecule has 0 atom stereocenters. The predicted octanol–water partition coefficient (Wildman–Crippen LogP) is 2.19. The van der Waals surface area contributed by atoms with Gasteiger partial charge >= 0.3 is 5.97 Å². The molecule has 1 heterocycles. The van der Waals surface area contributed by atoms with Crippen LogP contribution in [0.4, 0.5) is 8.78 Å². The molecule has 8 heteroatoms. The summed E-state index contributed by atoms with van der Waals surface area (Å²) < 4.78 is 29.0. The van der Waals surface area contributed by atoms with Gasteiger partial charge in [-0.15, -0.1) is 0 Å². The molecule has 1 N–H and O–H groups in total. The molecule has 0 saturated heterocycles. The summed E-state index contributed by atoms with van der Waals surface area (Å²) in [5.74, 6) is -3.42. The third-order valence-electron chi connectivity index (χ3n) is 4.30. The lowest BCUT2D eigenvalue weighted by atomic mass is 10.2. The van der Waals surface area contributed by atoms with E-state index in [-0.39, 0.29) is 24.3 Å². The lowest BCUT2D eigenvalue weighted by molar-refractivity contribution is -0.137. The largest absolute Gasteiger partial charge is 0.481 e. The highest BCUT2D eigenvalue weighted by Gasteiger charge is 2.29. The molecule has 0 spiro atoms. The Morgan fingerprint density at radius 3 is 2.80 bits per heavy atom. The van der Waals surface area contributed by atoms with E-state index in [1.807, 2.05) is 0 Å². The van der Waals surface area contributed by atoms with Crippen molar-refractivity contribution in [3.8, 4) is 5.69 Å².